The number of rotatable bonds is 4. The van der Waals surface area contributed by atoms with Crippen LogP contribution >= 0.6 is 0 Å². The Morgan fingerprint density at radius 3 is 2.60 bits per heavy atom. The Labute approximate surface area is 179 Å². The van der Waals surface area contributed by atoms with Gasteiger partial charge in [0.2, 0.25) is 5.91 Å². The van der Waals surface area contributed by atoms with Crippen molar-refractivity contribution in [3.63, 3.8) is 0 Å². The van der Waals surface area contributed by atoms with Crippen LogP contribution in [0.1, 0.15) is 51.5 Å². The van der Waals surface area contributed by atoms with Gasteiger partial charge in [-0.2, -0.15) is 0 Å². The maximum atomic E-state index is 14.1. The maximum absolute atomic E-state index is 14.1. The molecule has 3 heterocycles. The van der Waals surface area contributed by atoms with E-state index in [4.69, 9.17) is 0 Å². The quantitative estimate of drug-likeness (QED) is 0.741. The summed E-state index contributed by atoms with van der Waals surface area (Å²) >= 11 is 0. The third kappa shape index (κ3) is 4.54. The Morgan fingerprint density at radius 2 is 1.87 bits per heavy atom. The van der Waals surface area contributed by atoms with Crippen molar-refractivity contribution in [2.45, 2.75) is 58.5 Å². The molecule has 0 unspecified atom stereocenters. The van der Waals surface area contributed by atoms with Crippen molar-refractivity contribution in [1.82, 2.24) is 14.7 Å². The highest BCUT2D eigenvalue weighted by molar-refractivity contribution is 5.79. The average molecular weight is 420 g/mol. The molecule has 30 heavy (non-hydrogen) atoms. The van der Waals surface area contributed by atoms with E-state index in [0.29, 0.717) is 24.1 Å². The van der Waals surface area contributed by atoms with Gasteiger partial charge >= 0.3 is 0 Å². The van der Waals surface area contributed by atoms with Crippen LogP contribution in [0.15, 0.2) is 18.2 Å². The first-order valence-corrected chi connectivity index (χ1v) is 11.5. The number of halogens is 2. The Morgan fingerprint density at radius 1 is 1.10 bits per heavy atom. The van der Waals surface area contributed by atoms with E-state index in [-0.39, 0.29) is 11.3 Å². The molecule has 4 rings (SSSR count). The molecule has 1 spiro atoms. The van der Waals surface area contributed by atoms with E-state index in [2.05, 4.69) is 28.5 Å². The van der Waals surface area contributed by atoms with Gasteiger partial charge in [-0.25, -0.2) is 8.78 Å². The highest BCUT2D eigenvalue weighted by Crippen LogP contribution is 2.40. The molecule has 0 radical (unpaired) electrons. The SMILES string of the molecule is CC(C)N1CCC(C(=O)N2CC[C@@]3(CCCN(Cc4cccc(F)c4F)C3)C2)CC1. The summed E-state index contributed by atoms with van der Waals surface area (Å²) < 4.78 is 27.7. The zero-order valence-electron chi connectivity index (χ0n) is 18.4. The Kier molecular flexibility index (Phi) is 6.44. The van der Waals surface area contributed by atoms with E-state index in [1.54, 1.807) is 12.1 Å². The van der Waals surface area contributed by atoms with Crippen molar-refractivity contribution in [2.75, 3.05) is 39.3 Å². The zero-order valence-corrected chi connectivity index (χ0v) is 18.4. The van der Waals surface area contributed by atoms with Crippen molar-refractivity contribution in [3.05, 3.63) is 35.4 Å². The van der Waals surface area contributed by atoms with Crippen molar-refractivity contribution >= 4 is 5.91 Å². The van der Waals surface area contributed by atoms with E-state index in [1.165, 1.54) is 6.07 Å². The van der Waals surface area contributed by atoms with Gasteiger partial charge in [0.05, 0.1) is 0 Å². The van der Waals surface area contributed by atoms with Crippen LogP contribution in [0, 0.1) is 23.0 Å². The van der Waals surface area contributed by atoms with E-state index < -0.39 is 11.6 Å². The van der Waals surface area contributed by atoms with Gasteiger partial charge in [0.25, 0.3) is 0 Å². The summed E-state index contributed by atoms with van der Waals surface area (Å²) in [5.41, 5.74) is 0.533. The highest BCUT2D eigenvalue weighted by Gasteiger charge is 2.44. The molecule has 1 aromatic rings. The summed E-state index contributed by atoms with van der Waals surface area (Å²) in [5, 5.41) is 0. The number of carbonyl (C=O) groups is 1. The third-order valence-corrected chi connectivity index (χ3v) is 7.53. The standard InChI is InChI=1S/C24H35F2N3O/c1-18(2)28-12-7-19(8-13-28)23(30)29-14-10-24(17-29)9-4-11-27(16-24)15-20-5-3-6-21(25)22(20)26/h3,5-6,18-19H,4,7-17H2,1-2H3/t24-/m1/s1. The van der Waals surface area contributed by atoms with Crippen LogP contribution in [-0.4, -0.2) is 65.9 Å². The lowest BCUT2D eigenvalue weighted by Gasteiger charge is -2.41. The first-order chi connectivity index (χ1) is 14.4. The van der Waals surface area contributed by atoms with Crippen LogP contribution in [0.25, 0.3) is 0 Å². The number of likely N-dealkylation sites (tertiary alicyclic amines) is 3. The van der Waals surface area contributed by atoms with E-state index in [1.807, 2.05) is 0 Å². The topological polar surface area (TPSA) is 26.8 Å². The summed E-state index contributed by atoms with van der Waals surface area (Å²) in [5.74, 6) is -1.01. The summed E-state index contributed by atoms with van der Waals surface area (Å²) in [4.78, 5) is 20.0. The minimum atomic E-state index is -0.777. The maximum Gasteiger partial charge on any atom is 0.225 e. The van der Waals surface area contributed by atoms with Gasteiger partial charge in [-0.15, -0.1) is 0 Å². The number of piperidine rings is 2. The monoisotopic (exact) mass is 419 g/mol. The smallest absolute Gasteiger partial charge is 0.225 e. The summed E-state index contributed by atoms with van der Waals surface area (Å²) in [6.07, 6.45) is 5.11. The largest absolute Gasteiger partial charge is 0.342 e. The highest BCUT2D eigenvalue weighted by atomic mass is 19.2. The molecule has 0 N–H and O–H groups in total. The number of carbonyl (C=O) groups excluding carboxylic acids is 1. The minimum absolute atomic E-state index is 0.107. The summed E-state index contributed by atoms with van der Waals surface area (Å²) in [6, 6.07) is 4.97. The summed E-state index contributed by atoms with van der Waals surface area (Å²) in [7, 11) is 0. The van der Waals surface area contributed by atoms with E-state index >= 15 is 0 Å². The Balaban J connectivity index is 1.34. The number of nitrogens with zero attached hydrogens (tertiary/aromatic N) is 3. The van der Waals surface area contributed by atoms with Gasteiger partial charge < -0.3 is 9.80 Å². The fraction of sp³-hybridized carbons (Fsp3) is 0.708. The minimum Gasteiger partial charge on any atom is -0.342 e. The van der Waals surface area contributed by atoms with Gasteiger partial charge in [0.1, 0.15) is 0 Å². The predicted molar refractivity (Wildman–Crippen MR) is 114 cm³/mol. The zero-order chi connectivity index (χ0) is 21.3. The summed E-state index contributed by atoms with van der Waals surface area (Å²) in [6.45, 7) is 10.3. The van der Waals surface area contributed by atoms with Crippen LogP contribution in [0.2, 0.25) is 0 Å². The molecular weight excluding hydrogens is 384 g/mol. The van der Waals surface area contributed by atoms with E-state index in [9.17, 15) is 13.6 Å². The molecule has 1 amide bonds. The Hall–Kier alpha value is -1.53. The molecule has 0 aliphatic carbocycles. The fourth-order valence-electron chi connectivity index (χ4n) is 5.73. The number of hydrogen-bond acceptors (Lipinski definition) is 3. The molecule has 1 atom stereocenters. The van der Waals surface area contributed by atoms with Gasteiger partial charge in [-0.1, -0.05) is 12.1 Å². The third-order valence-electron chi connectivity index (χ3n) is 7.53. The van der Waals surface area contributed by atoms with Crippen molar-refractivity contribution in [3.8, 4) is 0 Å². The van der Waals surface area contributed by atoms with Gasteiger partial charge in [0.15, 0.2) is 11.6 Å². The first-order valence-electron chi connectivity index (χ1n) is 11.5. The second-order valence-electron chi connectivity index (χ2n) is 9.94. The van der Waals surface area contributed by atoms with Gasteiger partial charge in [0, 0.05) is 49.1 Å². The van der Waals surface area contributed by atoms with Gasteiger partial charge in [-0.05, 0) is 71.7 Å². The molecule has 4 nitrogen and oxygen atoms in total. The first kappa shape index (κ1) is 21.7. The average Bonchev–Trinajstić information content (AvgIpc) is 3.14. The fourth-order valence-corrected chi connectivity index (χ4v) is 5.73. The number of hydrogen-bond donors (Lipinski definition) is 0. The molecule has 0 saturated carbocycles. The second-order valence-corrected chi connectivity index (χ2v) is 9.94. The molecule has 166 valence electrons. The molecule has 3 aliphatic heterocycles. The molecule has 1 aromatic carbocycles. The van der Waals surface area contributed by atoms with Crippen LogP contribution < -0.4 is 0 Å². The van der Waals surface area contributed by atoms with Gasteiger partial charge in [-0.3, -0.25) is 9.69 Å². The molecule has 3 aliphatic rings. The molecule has 0 bridgehead atoms. The second kappa shape index (κ2) is 8.91. The predicted octanol–water partition coefficient (Wildman–Crippen LogP) is 3.90. The van der Waals surface area contributed by atoms with Crippen molar-refractivity contribution in [1.29, 1.82) is 0 Å². The molecule has 6 heteroatoms. The molecule has 0 aromatic heterocycles. The molecule has 3 saturated heterocycles. The van der Waals surface area contributed by atoms with Crippen LogP contribution in [0.5, 0.6) is 0 Å². The number of amides is 1. The van der Waals surface area contributed by atoms with Crippen molar-refractivity contribution in [2.24, 2.45) is 11.3 Å². The lowest BCUT2D eigenvalue weighted by atomic mass is 9.79. The molecule has 3 fully saturated rings. The van der Waals surface area contributed by atoms with E-state index in [0.717, 1.165) is 71.4 Å². The van der Waals surface area contributed by atoms with Crippen LogP contribution in [0.3, 0.4) is 0 Å². The van der Waals surface area contributed by atoms with Crippen LogP contribution in [0.4, 0.5) is 8.78 Å². The van der Waals surface area contributed by atoms with Crippen LogP contribution in [-0.2, 0) is 11.3 Å². The number of benzene rings is 1. The van der Waals surface area contributed by atoms with Crippen molar-refractivity contribution < 1.29 is 13.6 Å². The Bertz CT molecular complexity index is 763. The lowest BCUT2D eigenvalue weighted by molar-refractivity contribution is -0.136. The lowest BCUT2D eigenvalue weighted by Crippen LogP contribution is -2.47. The molecular formula is C24H35F2N3O. The normalized spacial score (nSPS) is 26.8.